The van der Waals surface area contributed by atoms with Crippen molar-refractivity contribution in [3.8, 4) is 17.1 Å². The average Bonchev–Trinajstić information content (AvgIpc) is 3.17. The van der Waals surface area contributed by atoms with Crippen LogP contribution in [-0.2, 0) is 7.05 Å². The van der Waals surface area contributed by atoms with Crippen LogP contribution < -0.4 is 10.4 Å². The smallest absolute Gasteiger partial charge is 0.338 e. The average molecular weight is 502 g/mol. The second kappa shape index (κ2) is 9.83. The fraction of sp³-hybridized carbons (Fsp3) is 0.185. The largest absolute Gasteiger partial charge is 0.497 e. The summed E-state index contributed by atoms with van der Waals surface area (Å²) >= 11 is 5.94. The zero-order valence-electron chi connectivity index (χ0n) is 19.9. The van der Waals surface area contributed by atoms with Gasteiger partial charge in [-0.2, -0.15) is 0 Å². The van der Waals surface area contributed by atoms with Crippen molar-refractivity contribution in [3.05, 3.63) is 93.5 Å². The van der Waals surface area contributed by atoms with Crippen molar-refractivity contribution in [1.29, 1.82) is 0 Å². The maximum atomic E-state index is 13.3. The predicted octanol–water partition coefficient (Wildman–Crippen LogP) is 4.77. The van der Waals surface area contributed by atoms with Crippen LogP contribution in [0.3, 0.4) is 0 Å². The number of amides is 1. The van der Waals surface area contributed by atoms with Crippen molar-refractivity contribution in [2.45, 2.75) is 6.42 Å². The van der Waals surface area contributed by atoms with Crippen LogP contribution in [0.15, 0.2) is 77.2 Å². The molecule has 5 rings (SSSR count). The van der Waals surface area contributed by atoms with Crippen molar-refractivity contribution < 1.29 is 9.53 Å². The molecule has 36 heavy (non-hydrogen) atoms. The van der Waals surface area contributed by atoms with Crippen LogP contribution in [0, 0.1) is 0 Å². The van der Waals surface area contributed by atoms with Gasteiger partial charge in [0.25, 0.3) is 0 Å². The highest BCUT2D eigenvalue weighted by atomic mass is 35.5. The Morgan fingerprint density at radius 2 is 1.94 bits per heavy atom. The molecule has 0 atom stereocenters. The van der Waals surface area contributed by atoms with Gasteiger partial charge in [0, 0.05) is 30.7 Å². The first-order chi connectivity index (χ1) is 17.4. The number of nitrogens with zero attached hydrogens (tertiary/aromatic N) is 5. The Hall–Kier alpha value is -4.17. The van der Waals surface area contributed by atoms with Gasteiger partial charge in [-0.3, -0.25) is 4.57 Å². The maximum absolute atomic E-state index is 13.3. The Labute approximate surface area is 212 Å². The molecule has 9 heteroatoms. The van der Waals surface area contributed by atoms with E-state index in [0.717, 1.165) is 21.3 Å². The molecule has 0 bridgehead atoms. The number of methoxy groups -OCH3 is 1. The fourth-order valence-corrected chi connectivity index (χ4v) is 4.26. The van der Waals surface area contributed by atoms with Gasteiger partial charge in [0.05, 0.1) is 13.3 Å². The van der Waals surface area contributed by atoms with E-state index >= 15 is 0 Å². The van der Waals surface area contributed by atoms with Crippen molar-refractivity contribution >= 4 is 34.9 Å². The Morgan fingerprint density at radius 1 is 1.14 bits per heavy atom. The third kappa shape index (κ3) is 4.55. The highest BCUT2D eigenvalue weighted by Crippen LogP contribution is 2.23. The zero-order valence-corrected chi connectivity index (χ0v) is 20.6. The summed E-state index contributed by atoms with van der Waals surface area (Å²) in [6.45, 7) is 0.909. The molecule has 1 aliphatic heterocycles. The molecular weight excluding hydrogens is 478 g/mol. The SMILES string of the molecule is COc1cccc(-c2ncc3c(n2)n(C)c(=O)n3C(=O)N2CC=C(C=Cc3ccc(Cl)cc3)CC2)c1. The molecule has 0 N–H and O–H groups in total. The minimum absolute atomic E-state index is 0.372. The number of aryl methyl sites for hydroxylation is 1. The molecule has 8 nitrogen and oxygen atoms in total. The Bertz CT molecular complexity index is 1570. The molecule has 0 fully saturated rings. The molecule has 2 aromatic carbocycles. The highest BCUT2D eigenvalue weighted by Gasteiger charge is 2.24. The Morgan fingerprint density at radius 3 is 2.67 bits per heavy atom. The van der Waals surface area contributed by atoms with E-state index in [9.17, 15) is 9.59 Å². The fourth-order valence-electron chi connectivity index (χ4n) is 4.13. The van der Waals surface area contributed by atoms with Crippen LogP contribution >= 0.6 is 11.6 Å². The molecule has 1 amide bonds. The van der Waals surface area contributed by atoms with E-state index in [0.29, 0.717) is 47.3 Å². The summed E-state index contributed by atoms with van der Waals surface area (Å²) in [5, 5.41) is 0.698. The second-order valence-electron chi connectivity index (χ2n) is 8.45. The molecule has 0 saturated carbocycles. The molecule has 2 aromatic heterocycles. The van der Waals surface area contributed by atoms with Gasteiger partial charge in [-0.15, -0.1) is 0 Å². The van der Waals surface area contributed by atoms with Gasteiger partial charge in [-0.05, 0) is 41.8 Å². The third-order valence-corrected chi connectivity index (χ3v) is 6.43. The molecule has 0 saturated heterocycles. The molecule has 1 aliphatic rings. The lowest BCUT2D eigenvalue weighted by Gasteiger charge is -2.25. The van der Waals surface area contributed by atoms with Crippen LogP contribution in [0.5, 0.6) is 5.75 Å². The van der Waals surface area contributed by atoms with Gasteiger partial charge in [-0.1, -0.05) is 54.1 Å². The van der Waals surface area contributed by atoms with Crippen LogP contribution in [0.25, 0.3) is 28.6 Å². The van der Waals surface area contributed by atoms with Crippen molar-refractivity contribution in [2.75, 3.05) is 20.2 Å². The first-order valence-electron chi connectivity index (χ1n) is 11.5. The topological polar surface area (TPSA) is 82.2 Å². The lowest BCUT2D eigenvalue weighted by Crippen LogP contribution is -2.42. The van der Waals surface area contributed by atoms with E-state index in [1.165, 1.54) is 10.8 Å². The standard InChI is InChI=1S/C27H24ClN5O3/c1-31-25-23(17-29-24(30-25)20-4-3-5-22(16-20)36-2)33(26(31)34)27(35)32-14-12-19(13-15-32)7-6-18-8-10-21(28)11-9-18/h3-12,16-17H,13-15H2,1-2H3. The second-order valence-corrected chi connectivity index (χ2v) is 8.89. The molecule has 3 heterocycles. The van der Waals surface area contributed by atoms with Gasteiger partial charge in [0.2, 0.25) is 0 Å². The van der Waals surface area contributed by atoms with E-state index in [1.54, 1.807) is 19.1 Å². The maximum Gasteiger partial charge on any atom is 0.338 e. The number of halogens is 1. The molecule has 0 aliphatic carbocycles. The summed E-state index contributed by atoms with van der Waals surface area (Å²) in [6, 6.07) is 14.6. The number of allylic oxidation sites excluding steroid dienone is 1. The van der Waals surface area contributed by atoms with Gasteiger partial charge < -0.3 is 9.64 Å². The summed E-state index contributed by atoms with van der Waals surface area (Å²) in [4.78, 5) is 37.0. The lowest BCUT2D eigenvalue weighted by atomic mass is 10.1. The number of rotatable bonds is 4. The predicted molar refractivity (Wildman–Crippen MR) is 140 cm³/mol. The van der Waals surface area contributed by atoms with E-state index in [1.807, 2.05) is 66.8 Å². The van der Waals surface area contributed by atoms with E-state index in [-0.39, 0.29) is 6.03 Å². The van der Waals surface area contributed by atoms with Crippen molar-refractivity contribution in [2.24, 2.45) is 7.05 Å². The van der Waals surface area contributed by atoms with Gasteiger partial charge in [0.15, 0.2) is 11.5 Å². The van der Waals surface area contributed by atoms with Crippen LogP contribution in [0.1, 0.15) is 12.0 Å². The van der Waals surface area contributed by atoms with Gasteiger partial charge in [-0.25, -0.2) is 24.1 Å². The Kier molecular flexibility index (Phi) is 6.43. The number of hydrogen-bond donors (Lipinski definition) is 0. The van der Waals surface area contributed by atoms with Gasteiger partial charge >= 0.3 is 11.7 Å². The molecule has 0 radical (unpaired) electrons. The number of benzene rings is 2. The normalized spacial score (nSPS) is 13.9. The van der Waals surface area contributed by atoms with Crippen molar-refractivity contribution in [3.63, 3.8) is 0 Å². The molecule has 0 spiro atoms. The first kappa shape index (κ1) is 23.6. The zero-order chi connectivity index (χ0) is 25.2. The first-order valence-corrected chi connectivity index (χ1v) is 11.8. The van der Waals surface area contributed by atoms with E-state index in [4.69, 9.17) is 16.3 Å². The van der Waals surface area contributed by atoms with E-state index < -0.39 is 5.69 Å². The van der Waals surface area contributed by atoms with Gasteiger partial charge in [0.1, 0.15) is 11.3 Å². The summed E-state index contributed by atoms with van der Waals surface area (Å²) in [6.07, 6.45) is 8.28. The summed E-state index contributed by atoms with van der Waals surface area (Å²) in [7, 11) is 3.19. The number of imidazole rings is 1. The summed E-state index contributed by atoms with van der Waals surface area (Å²) in [5.74, 6) is 1.12. The number of carbonyl (C=O) groups excluding carboxylic acids is 1. The quantitative estimate of drug-likeness (QED) is 0.402. The molecule has 4 aromatic rings. The van der Waals surface area contributed by atoms with Crippen LogP contribution in [0.2, 0.25) is 5.02 Å². The monoisotopic (exact) mass is 501 g/mol. The van der Waals surface area contributed by atoms with Crippen LogP contribution in [-0.4, -0.2) is 50.2 Å². The number of aromatic nitrogens is 4. The summed E-state index contributed by atoms with van der Waals surface area (Å²) < 4.78 is 7.80. The van der Waals surface area contributed by atoms with Crippen molar-refractivity contribution in [1.82, 2.24) is 24.0 Å². The van der Waals surface area contributed by atoms with Crippen LogP contribution in [0.4, 0.5) is 4.79 Å². The number of ether oxygens (including phenoxy) is 1. The number of fused-ring (bicyclic) bond motifs is 1. The highest BCUT2D eigenvalue weighted by molar-refractivity contribution is 6.30. The molecule has 0 unspecified atom stereocenters. The minimum Gasteiger partial charge on any atom is -0.497 e. The lowest BCUT2D eigenvalue weighted by molar-refractivity contribution is 0.203. The third-order valence-electron chi connectivity index (χ3n) is 6.18. The minimum atomic E-state index is -0.454. The Balaban J connectivity index is 1.38. The number of hydrogen-bond acceptors (Lipinski definition) is 5. The summed E-state index contributed by atoms with van der Waals surface area (Å²) in [5.41, 5.74) is 3.24. The molecule has 182 valence electrons. The molecular formula is C27H24ClN5O3. The van der Waals surface area contributed by atoms with E-state index in [2.05, 4.69) is 9.97 Å². The number of carbonyl (C=O) groups is 1.